The molecule has 0 radical (unpaired) electrons. The number of hydrogen-bond donors (Lipinski definition) is 0. The van der Waals surface area contributed by atoms with Crippen LogP contribution in [0.3, 0.4) is 0 Å². The number of hydrogen-bond acceptors (Lipinski definition) is 3. The largest absolute Gasteiger partial charge is 0.476 e. The van der Waals surface area contributed by atoms with Gasteiger partial charge in [0.25, 0.3) is 0 Å². The zero-order chi connectivity index (χ0) is 15.5. The van der Waals surface area contributed by atoms with Crippen LogP contribution in [0.15, 0.2) is 24.3 Å². The molecule has 0 spiro atoms. The van der Waals surface area contributed by atoms with Gasteiger partial charge in [0.15, 0.2) is 0 Å². The molecule has 0 amide bonds. The minimum Gasteiger partial charge on any atom is -0.476 e. The van der Waals surface area contributed by atoms with Crippen molar-refractivity contribution < 1.29 is 17.9 Å². The molecular formula is C15H15F3N2O. The smallest absolute Gasteiger partial charge is 0.433 e. The fraction of sp³-hybridized carbons (Fsp3) is 0.467. The van der Waals surface area contributed by atoms with E-state index in [-0.39, 0.29) is 24.0 Å². The maximum Gasteiger partial charge on any atom is 0.433 e. The molecule has 1 aliphatic carbocycles. The van der Waals surface area contributed by atoms with Crippen molar-refractivity contribution in [2.75, 3.05) is 6.61 Å². The van der Waals surface area contributed by atoms with E-state index in [0.29, 0.717) is 5.92 Å². The Morgan fingerprint density at radius 1 is 1.33 bits per heavy atom. The molecule has 1 aromatic rings. The number of alkyl halides is 3. The summed E-state index contributed by atoms with van der Waals surface area (Å²) < 4.78 is 43.4. The van der Waals surface area contributed by atoms with Gasteiger partial charge in [-0.2, -0.15) is 18.4 Å². The van der Waals surface area contributed by atoms with Gasteiger partial charge in [-0.1, -0.05) is 19.1 Å². The maximum absolute atomic E-state index is 12.7. The molecule has 0 N–H and O–H groups in total. The molecule has 0 aromatic carbocycles. The van der Waals surface area contributed by atoms with E-state index < -0.39 is 11.9 Å². The van der Waals surface area contributed by atoms with Crippen molar-refractivity contribution in [3.05, 3.63) is 35.5 Å². The van der Waals surface area contributed by atoms with Crippen LogP contribution in [0.1, 0.15) is 31.0 Å². The van der Waals surface area contributed by atoms with Crippen LogP contribution in [-0.2, 0) is 6.18 Å². The first-order valence-electron chi connectivity index (χ1n) is 6.68. The van der Waals surface area contributed by atoms with E-state index in [1.807, 2.05) is 6.08 Å². The Morgan fingerprint density at radius 3 is 2.67 bits per heavy atom. The van der Waals surface area contributed by atoms with Crippen LogP contribution in [0.5, 0.6) is 5.88 Å². The topological polar surface area (TPSA) is 45.9 Å². The maximum atomic E-state index is 12.7. The molecular weight excluding hydrogens is 281 g/mol. The molecule has 1 heterocycles. The summed E-state index contributed by atoms with van der Waals surface area (Å²) in [7, 11) is 0. The third-order valence-electron chi connectivity index (χ3n) is 3.62. The summed E-state index contributed by atoms with van der Waals surface area (Å²) in [4.78, 5) is 3.44. The zero-order valence-electron chi connectivity index (χ0n) is 11.5. The predicted molar refractivity (Wildman–Crippen MR) is 70.5 cm³/mol. The van der Waals surface area contributed by atoms with Gasteiger partial charge in [-0.3, -0.25) is 0 Å². The van der Waals surface area contributed by atoms with Crippen LogP contribution in [0.2, 0.25) is 0 Å². The van der Waals surface area contributed by atoms with Crippen molar-refractivity contribution in [3.63, 3.8) is 0 Å². The number of nitriles is 1. The van der Waals surface area contributed by atoms with Gasteiger partial charge in [0.05, 0.1) is 6.61 Å². The van der Waals surface area contributed by atoms with Crippen molar-refractivity contribution >= 4 is 0 Å². The molecule has 2 unspecified atom stereocenters. The van der Waals surface area contributed by atoms with Gasteiger partial charge in [-0.25, -0.2) is 4.98 Å². The number of halogens is 3. The second-order valence-corrected chi connectivity index (χ2v) is 5.15. The summed E-state index contributed by atoms with van der Waals surface area (Å²) in [6, 6.07) is 3.69. The molecule has 6 heteroatoms. The Labute approximate surface area is 121 Å². The van der Waals surface area contributed by atoms with E-state index in [1.54, 1.807) is 6.07 Å². The summed E-state index contributed by atoms with van der Waals surface area (Å²) in [5.41, 5.74) is -1.03. The standard InChI is InChI=1S/C15H15F3N2O/c1-10-4-2-3-5-12(10)9-21-14-11(8-19)6-7-13(20-14)15(16,17)18/h2-3,6-7,10,12H,4-5,9H2,1H3. The lowest BCUT2D eigenvalue weighted by molar-refractivity contribution is -0.141. The molecule has 0 fully saturated rings. The summed E-state index contributed by atoms with van der Waals surface area (Å²) in [5, 5.41) is 8.94. The summed E-state index contributed by atoms with van der Waals surface area (Å²) in [5.74, 6) is 0.373. The van der Waals surface area contributed by atoms with Crippen molar-refractivity contribution in [1.29, 1.82) is 5.26 Å². The van der Waals surface area contributed by atoms with Gasteiger partial charge in [-0.15, -0.1) is 0 Å². The van der Waals surface area contributed by atoms with Gasteiger partial charge >= 0.3 is 6.18 Å². The van der Waals surface area contributed by atoms with Crippen LogP contribution in [0.25, 0.3) is 0 Å². The molecule has 0 saturated carbocycles. The van der Waals surface area contributed by atoms with Crippen LogP contribution in [0, 0.1) is 23.2 Å². The Bertz CT molecular complexity index is 575. The van der Waals surface area contributed by atoms with Crippen LogP contribution in [-0.4, -0.2) is 11.6 Å². The van der Waals surface area contributed by atoms with Gasteiger partial charge in [0.1, 0.15) is 17.3 Å². The van der Waals surface area contributed by atoms with E-state index in [9.17, 15) is 13.2 Å². The first kappa shape index (κ1) is 15.4. The Hall–Kier alpha value is -2.03. The number of aromatic nitrogens is 1. The monoisotopic (exact) mass is 296 g/mol. The van der Waals surface area contributed by atoms with Crippen molar-refractivity contribution in [3.8, 4) is 11.9 Å². The van der Waals surface area contributed by atoms with Gasteiger partial charge in [0, 0.05) is 0 Å². The highest BCUT2D eigenvalue weighted by molar-refractivity contribution is 5.39. The quantitative estimate of drug-likeness (QED) is 0.793. The van der Waals surface area contributed by atoms with E-state index in [1.165, 1.54) is 0 Å². The highest BCUT2D eigenvalue weighted by Crippen LogP contribution is 2.31. The van der Waals surface area contributed by atoms with E-state index in [0.717, 1.165) is 25.0 Å². The number of nitrogens with zero attached hydrogens (tertiary/aromatic N) is 2. The molecule has 0 bridgehead atoms. The molecule has 112 valence electrons. The highest BCUT2D eigenvalue weighted by Gasteiger charge is 2.33. The van der Waals surface area contributed by atoms with Crippen molar-refractivity contribution in [2.24, 2.45) is 11.8 Å². The lowest BCUT2D eigenvalue weighted by Crippen LogP contribution is -2.22. The Kier molecular flexibility index (Phi) is 4.51. The first-order valence-corrected chi connectivity index (χ1v) is 6.68. The minimum atomic E-state index is -4.55. The second kappa shape index (κ2) is 6.17. The SMILES string of the molecule is CC1CC=CCC1COc1nc(C(F)(F)F)ccc1C#N. The fourth-order valence-electron chi connectivity index (χ4n) is 2.22. The van der Waals surface area contributed by atoms with E-state index >= 15 is 0 Å². The van der Waals surface area contributed by atoms with Gasteiger partial charge in [-0.05, 0) is 36.8 Å². The fourth-order valence-corrected chi connectivity index (χ4v) is 2.22. The van der Waals surface area contributed by atoms with Crippen molar-refractivity contribution in [2.45, 2.75) is 25.9 Å². The predicted octanol–water partition coefficient (Wildman–Crippen LogP) is 3.95. The lowest BCUT2D eigenvalue weighted by Gasteiger charge is -2.25. The summed E-state index contributed by atoms with van der Waals surface area (Å²) in [6.45, 7) is 2.33. The molecule has 0 aliphatic heterocycles. The number of ether oxygens (including phenoxy) is 1. The molecule has 1 aliphatic rings. The number of rotatable bonds is 3. The molecule has 2 rings (SSSR count). The first-order chi connectivity index (χ1) is 9.91. The van der Waals surface area contributed by atoms with E-state index in [4.69, 9.17) is 10.00 Å². The summed E-state index contributed by atoms with van der Waals surface area (Å²) >= 11 is 0. The number of allylic oxidation sites excluding steroid dienone is 2. The molecule has 1 aromatic heterocycles. The van der Waals surface area contributed by atoms with Gasteiger partial charge < -0.3 is 4.74 Å². The minimum absolute atomic E-state index is 0.0157. The molecule has 2 atom stereocenters. The summed E-state index contributed by atoms with van der Waals surface area (Å²) in [6.07, 6.45) is 1.33. The van der Waals surface area contributed by atoms with Crippen LogP contribution >= 0.6 is 0 Å². The van der Waals surface area contributed by atoms with Crippen LogP contribution < -0.4 is 4.74 Å². The average molecular weight is 296 g/mol. The second-order valence-electron chi connectivity index (χ2n) is 5.15. The normalized spacial score (nSPS) is 21.9. The third-order valence-corrected chi connectivity index (χ3v) is 3.62. The van der Waals surface area contributed by atoms with E-state index in [2.05, 4.69) is 18.0 Å². The average Bonchev–Trinajstić information content (AvgIpc) is 2.45. The van der Waals surface area contributed by atoms with Crippen LogP contribution in [0.4, 0.5) is 13.2 Å². The Morgan fingerprint density at radius 2 is 2.05 bits per heavy atom. The number of pyridine rings is 1. The molecule has 21 heavy (non-hydrogen) atoms. The lowest BCUT2D eigenvalue weighted by atomic mass is 9.85. The zero-order valence-corrected chi connectivity index (χ0v) is 11.5. The Balaban J connectivity index is 2.15. The highest BCUT2D eigenvalue weighted by atomic mass is 19.4. The van der Waals surface area contributed by atoms with Crippen molar-refractivity contribution in [1.82, 2.24) is 4.98 Å². The third kappa shape index (κ3) is 3.75. The molecule has 0 saturated heterocycles. The van der Waals surface area contributed by atoms with Gasteiger partial charge in [0.2, 0.25) is 5.88 Å². The molecule has 3 nitrogen and oxygen atoms in total.